The average molecular weight is 340 g/mol. The molecule has 1 saturated carbocycles. The molecule has 0 spiro atoms. The quantitative estimate of drug-likeness (QED) is 0.889. The molecule has 1 aromatic heterocycles. The van der Waals surface area contributed by atoms with E-state index >= 15 is 0 Å². The van der Waals surface area contributed by atoms with E-state index in [4.69, 9.17) is 9.90 Å². The van der Waals surface area contributed by atoms with Crippen molar-refractivity contribution in [3.63, 3.8) is 0 Å². The molecule has 7 heteroatoms. The van der Waals surface area contributed by atoms with E-state index in [1.54, 1.807) is 0 Å². The van der Waals surface area contributed by atoms with Crippen molar-refractivity contribution >= 4 is 16.7 Å². The van der Waals surface area contributed by atoms with Crippen LogP contribution in [0.15, 0.2) is 36.7 Å². The summed E-state index contributed by atoms with van der Waals surface area (Å²) < 4.78 is 31.7. The van der Waals surface area contributed by atoms with Crippen LogP contribution in [0, 0.1) is 0 Å². The lowest BCUT2D eigenvalue weighted by Gasteiger charge is -2.39. The van der Waals surface area contributed by atoms with Crippen LogP contribution in [0.4, 0.5) is 13.2 Å². The number of nitrogens with one attached hydrogen (secondary N) is 1. The highest BCUT2D eigenvalue weighted by Gasteiger charge is 2.38. The first kappa shape index (κ1) is 18.2. The van der Waals surface area contributed by atoms with Crippen molar-refractivity contribution in [3.05, 3.63) is 42.2 Å². The number of benzene rings is 1. The molecule has 0 amide bonds. The topological polar surface area (TPSA) is 62.2 Å². The number of carboxylic acids is 1. The summed E-state index contributed by atoms with van der Waals surface area (Å²) in [5.41, 5.74) is 1.74. The third-order valence-corrected chi connectivity index (χ3v) is 4.12. The van der Waals surface area contributed by atoms with Gasteiger partial charge in [0.05, 0.1) is 0 Å². The minimum Gasteiger partial charge on any atom is -0.475 e. The summed E-state index contributed by atoms with van der Waals surface area (Å²) in [5, 5.41) is 13.3. The Morgan fingerprint density at radius 2 is 1.96 bits per heavy atom. The molecule has 1 heterocycles. The Morgan fingerprint density at radius 3 is 2.50 bits per heavy atom. The second-order valence-corrected chi connectivity index (χ2v) is 6.13. The van der Waals surface area contributed by atoms with Gasteiger partial charge in [-0.15, -0.1) is 0 Å². The number of pyridine rings is 1. The summed E-state index contributed by atoms with van der Waals surface area (Å²) in [6.45, 7) is 3.29. The van der Waals surface area contributed by atoms with Crippen LogP contribution in [0.1, 0.15) is 31.7 Å². The summed E-state index contributed by atoms with van der Waals surface area (Å²) in [4.78, 5) is 13.0. The molecule has 24 heavy (non-hydrogen) atoms. The van der Waals surface area contributed by atoms with Crippen molar-refractivity contribution in [1.82, 2.24) is 10.3 Å². The molecule has 1 aliphatic carbocycles. The molecule has 0 unspecified atom stereocenters. The normalized spacial score (nSPS) is 16.0. The number of rotatable bonds is 3. The Hall–Kier alpha value is -2.15. The zero-order valence-corrected chi connectivity index (χ0v) is 13.2. The first-order valence-electron chi connectivity index (χ1n) is 7.57. The summed E-state index contributed by atoms with van der Waals surface area (Å²) in [5.74, 6) is -2.76. The van der Waals surface area contributed by atoms with Gasteiger partial charge in [-0.2, -0.15) is 13.2 Å². The molecule has 1 aliphatic rings. The van der Waals surface area contributed by atoms with Crippen LogP contribution in [0.5, 0.6) is 0 Å². The van der Waals surface area contributed by atoms with Crippen LogP contribution in [-0.4, -0.2) is 27.8 Å². The molecular weight excluding hydrogens is 321 g/mol. The molecule has 2 N–H and O–H groups in total. The zero-order valence-electron chi connectivity index (χ0n) is 13.2. The van der Waals surface area contributed by atoms with E-state index in [9.17, 15) is 13.2 Å². The molecule has 2 aromatic rings. The summed E-state index contributed by atoms with van der Waals surface area (Å²) in [6.07, 6.45) is 2.68. The molecule has 4 nitrogen and oxygen atoms in total. The van der Waals surface area contributed by atoms with Gasteiger partial charge >= 0.3 is 12.1 Å². The highest BCUT2D eigenvalue weighted by atomic mass is 19.4. The number of nitrogens with zero attached hydrogens (tertiary/aromatic N) is 1. The van der Waals surface area contributed by atoms with Crippen molar-refractivity contribution in [3.8, 4) is 0 Å². The van der Waals surface area contributed by atoms with Crippen LogP contribution in [0.3, 0.4) is 0 Å². The summed E-state index contributed by atoms with van der Waals surface area (Å²) in [6, 6.07) is 8.68. The second-order valence-electron chi connectivity index (χ2n) is 6.13. The van der Waals surface area contributed by atoms with Crippen molar-refractivity contribution in [1.29, 1.82) is 0 Å². The van der Waals surface area contributed by atoms with Gasteiger partial charge in [0.15, 0.2) is 0 Å². The Kier molecular flexibility index (Phi) is 5.43. The molecule has 1 aromatic carbocycles. The van der Waals surface area contributed by atoms with Gasteiger partial charge in [-0.3, -0.25) is 4.98 Å². The van der Waals surface area contributed by atoms with E-state index in [0.717, 1.165) is 6.54 Å². The summed E-state index contributed by atoms with van der Waals surface area (Å²) in [7, 11) is 0. The van der Waals surface area contributed by atoms with Crippen LogP contribution >= 0.6 is 0 Å². The molecular formula is C17H19F3N2O2. The number of carbonyl (C=O) groups is 1. The van der Waals surface area contributed by atoms with Gasteiger partial charge in [0.25, 0.3) is 0 Å². The highest BCUT2D eigenvalue weighted by molar-refractivity contribution is 5.81. The van der Waals surface area contributed by atoms with E-state index in [-0.39, 0.29) is 0 Å². The number of alkyl halides is 3. The number of fused-ring (bicyclic) bond motifs is 1. The smallest absolute Gasteiger partial charge is 0.475 e. The fraction of sp³-hybridized carbons (Fsp3) is 0.412. The number of hydrogen-bond donors (Lipinski definition) is 2. The molecule has 0 radical (unpaired) electrons. The Balaban J connectivity index is 0.000000256. The Labute approximate surface area is 137 Å². The largest absolute Gasteiger partial charge is 0.490 e. The third-order valence-electron chi connectivity index (χ3n) is 4.12. The number of aliphatic carboxylic acids is 1. The lowest BCUT2D eigenvalue weighted by molar-refractivity contribution is -0.192. The van der Waals surface area contributed by atoms with E-state index in [0.29, 0.717) is 5.54 Å². The lowest BCUT2D eigenvalue weighted by Crippen LogP contribution is -2.47. The maximum absolute atomic E-state index is 10.6. The number of hydrogen-bond acceptors (Lipinski definition) is 3. The second kappa shape index (κ2) is 7.17. The average Bonchev–Trinajstić information content (AvgIpc) is 2.50. The number of aromatic nitrogens is 1. The van der Waals surface area contributed by atoms with Crippen molar-refractivity contribution in [2.45, 2.75) is 44.4 Å². The first-order chi connectivity index (χ1) is 11.2. The van der Waals surface area contributed by atoms with Gasteiger partial charge in [-0.05, 0) is 49.3 Å². The molecule has 0 atom stereocenters. The maximum Gasteiger partial charge on any atom is 0.490 e. The molecule has 0 saturated heterocycles. The Morgan fingerprint density at radius 1 is 1.29 bits per heavy atom. The van der Waals surface area contributed by atoms with Gasteiger partial charge in [-0.25, -0.2) is 4.79 Å². The number of carboxylic acid groups (broad SMARTS) is 1. The minimum absolute atomic E-state index is 0.382. The lowest BCUT2D eigenvalue weighted by atomic mass is 9.78. The first-order valence-corrected chi connectivity index (χ1v) is 7.57. The van der Waals surface area contributed by atoms with E-state index in [1.165, 1.54) is 35.6 Å². The predicted molar refractivity (Wildman–Crippen MR) is 84.5 cm³/mol. The number of halogens is 3. The van der Waals surface area contributed by atoms with Gasteiger partial charge in [0.2, 0.25) is 0 Å². The van der Waals surface area contributed by atoms with Crippen molar-refractivity contribution in [2.24, 2.45) is 0 Å². The SMILES string of the molecule is CC1(NCc2ccc3cnccc3c2)CCC1.O=C(O)C(F)(F)F. The highest BCUT2D eigenvalue weighted by Crippen LogP contribution is 2.31. The maximum atomic E-state index is 10.6. The zero-order chi connectivity index (χ0) is 17.8. The summed E-state index contributed by atoms with van der Waals surface area (Å²) >= 11 is 0. The van der Waals surface area contributed by atoms with Crippen LogP contribution in [0.2, 0.25) is 0 Å². The minimum atomic E-state index is -5.08. The molecule has 0 aliphatic heterocycles. The van der Waals surface area contributed by atoms with Crippen LogP contribution < -0.4 is 5.32 Å². The van der Waals surface area contributed by atoms with Gasteiger partial charge < -0.3 is 10.4 Å². The monoisotopic (exact) mass is 340 g/mol. The van der Waals surface area contributed by atoms with E-state index in [1.807, 2.05) is 12.4 Å². The van der Waals surface area contributed by atoms with Gasteiger partial charge in [-0.1, -0.05) is 12.1 Å². The standard InChI is InChI=1S/C15H18N2.C2HF3O2/c1-15(6-2-7-15)17-10-12-3-4-14-11-16-8-5-13(14)9-12;3-2(4,5)1(6)7/h3-5,8-9,11,17H,2,6-7,10H2,1H3;(H,6,7). The van der Waals surface area contributed by atoms with E-state index in [2.05, 4.69) is 41.5 Å². The Bertz CT molecular complexity index is 712. The van der Waals surface area contributed by atoms with Crippen LogP contribution in [0.25, 0.3) is 10.8 Å². The van der Waals surface area contributed by atoms with Crippen LogP contribution in [-0.2, 0) is 11.3 Å². The van der Waals surface area contributed by atoms with Crippen molar-refractivity contribution < 1.29 is 23.1 Å². The predicted octanol–water partition coefficient (Wildman–Crippen LogP) is 3.90. The third kappa shape index (κ3) is 4.92. The molecule has 0 bridgehead atoms. The molecule has 3 rings (SSSR count). The fourth-order valence-corrected chi connectivity index (χ4v) is 2.44. The fourth-order valence-electron chi connectivity index (χ4n) is 2.44. The van der Waals surface area contributed by atoms with Crippen molar-refractivity contribution in [2.75, 3.05) is 0 Å². The van der Waals surface area contributed by atoms with Gasteiger partial charge in [0.1, 0.15) is 0 Å². The molecule has 1 fully saturated rings. The molecule has 130 valence electrons. The van der Waals surface area contributed by atoms with E-state index < -0.39 is 12.1 Å². The van der Waals surface area contributed by atoms with Gasteiger partial charge in [0, 0.05) is 29.9 Å².